The first kappa shape index (κ1) is 22.3. The highest BCUT2D eigenvalue weighted by atomic mass is 32.2. The van der Waals surface area contributed by atoms with E-state index in [1.807, 2.05) is 13.0 Å². The van der Waals surface area contributed by atoms with Crippen molar-refractivity contribution in [1.82, 2.24) is 18.8 Å². The Morgan fingerprint density at radius 2 is 1.97 bits per heavy atom. The molecule has 1 aliphatic rings. The SMILES string of the molecule is CCn1c(SCc2ccc(F)c3cccnc23)nc2cc(S(=O)(=O)N3CCOCC3)ccc21. The van der Waals surface area contributed by atoms with Crippen LogP contribution in [0.3, 0.4) is 0 Å². The molecule has 2 aromatic heterocycles. The Bertz CT molecular complexity index is 1430. The fraction of sp³-hybridized carbons (Fsp3) is 0.304. The summed E-state index contributed by atoms with van der Waals surface area (Å²) in [5.41, 5.74) is 3.07. The van der Waals surface area contributed by atoms with Gasteiger partial charge in [0.25, 0.3) is 0 Å². The molecular formula is C23H23FN4O3S2. The lowest BCUT2D eigenvalue weighted by atomic mass is 10.1. The van der Waals surface area contributed by atoms with Gasteiger partial charge in [0.2, 0.25) is 10.0 Å². The van der Waals surface area contributed by atoms with Gasteiger partial charge in [-0.2, -0.15) is 4.31 Å². The third-order valence-corrected chi connectivity index (χ3v) is 8.69. The van der Waals surface area contributed by atoms with E-state index in [-0.39, 0.29) is 10.7 Å². The molecule has 0 radical (unpaired) electrons. The Kier molecular flexibility index (Phi) is 6.09. The van der Waals surface area contributed by atoms with Crippen LogP contribution < -0.4 is 0 Å². The molecule has 0 atom stereocenters. The molecule has 172 valence electrons. The Labute approximate surface area is 195 Å². The van der Waals surface area contributed by atoms with Crippen LogP contribution in [0.2, 0.25) is 0 Å². The maximum absolute atomic E-state index is 14.1. The Hall–Kier alpha value is -2.53. The van der Waals surface area contributed by atoms with E-state index in [1.165, 1.54) is 22.1 Å². The van der Waals surface area contributed by atoms with Crippen molar-refractivity contribution >= 4 is 43.7 Å². The lowest BCUT2D eigenvalue weighted by Crippen LogP contribution is -2.40. The fourth-order valence-corrected chi connectivity index (χ4v) is 6.55. The number of thioether (sulfide) groups is 1. The molecule has 0 bridgehead atoms. The van der Waals surface area contributed by atoms with Gasteiger partial charge in [0, 0.05) is 37.0 Å². The van der Waals surface area contributed by atoms with E-state index in [0.29, 0.717) is 55.0 Å². The second-order valence-electron chi connectivity index (χ2n) is 7.70. The largest absolute Gasteiger partial charge is 0.379 e. The third-order valence-electron chi connectivity index (χ3n) is 5.77. The van der Waals surface area contributed by atoms with Gasteiger partial charge in [0.1, 0.15) is 5.82 Å². The Balaban J connectivity index is 1.46. The first-order valence-electron chi connectivity index (χ1n) is 10.7. The summed E-state index contributed by atoms with van der Waals surface area (Å²) in [5, 5.41) is 1.28. The summed E-state index contributed by atoms with van der Waals surface area (Å²) < 4.78 is 49.0. The van der Waals surface area contributed by atoms with Crippen molar-refractivity contribution in [3.8, 4) is 0 Å². The quantitative estimate of drug-likeness (QED) is 0.383. The molecule has 3 heterocycles. The highest BCUT2D eigenvalue weighted by Gasteiger charge is 2.27. The van der Waals surface area contributed by atoms with Gasteiger partial charge in [-0.25, -0.2) is 17.8 Å². The van der Waals surface area contributed by atoms with E-state index in [1.54, 1.807) is 36.5 Å². The van der Waals surface area contributed by atoms with Crippen LogP contribution in [0.25, 0.3) is 21.9 Å². The topological polar surface area (TPSA) is 77.3 Å². The zero-order valence-electron chi connectivity index (χ0n) is 18.1. The van der Waals surface area contributed by atoms with Gasteiger partial charge in [-0.1, -0.05) is 17.8 Å². The van der Waals surface area contributed by atoms with Gasteiger partial charge < -0.3 is 9.30 Å². The van der Waals surface area contributed by atoms with Gasteiger partial charge in [-0.15, -0.1) is 0 Å². The van der Waals surface area contributed by atoms with Crippen molar-refractivity contribution in [2.24, 2.45) is 0 Å². The van der Waals surface area contributed by atoms with Gasteiger partial charge >= 0.3 is 0 Å². The van der Waals surface area contributed by atoms with Crippen molar-refractivity contribution in [2.75, 3.05) is 26.3 Å². The minimum Gasteiger partial charge on any atom is -0.379 e. The average molecular weight is 487 g/mol. The molecule has 1 fully saturated rings. The number of rotatable bonds is 6. The lowest BCUT2D eigenvalue weighted by Gasteiger charge is -2.26. The molecule has 4 aromatic rings. The second kappa shape index (κ2) is 9.02. The number of hydrogen-bond acceptors (Lipinski definition) is 6. The summed E-state index contributed by atoms with van der Waals surface area (Å²) >= 11 is 1.53. The van der Waals surface area contributed by atoms with Gasteiger partial charge in [-0.05, 0) is 48.9 Å². The molecule has 33 heavy (non-hydrogen) atoms. The summed E-state index contributed by atoms with van der Waals surface area (Å²) in [6.07, 6.45) is 1.66. The highest BCUT2D eigenvalue weighted by Crippen LogP contribution is 2.31. The van der Waals surface area contributed by atoms with E-state index >= 15 is 0 Å². The van der Waals surface area contributed by atoms with Crippen molar-refractivity contribution in [3.05, 3.63) is 60.0 Å². The molecule has 0 N–H and O–H groups in total. The number of imidazole rings is 1. The van der Waals surface area contributed by atoms with Crippen LogP contribution in [0, 0.1) is 5.82 Å². The van der Waals surface area contributed by atoms with Crippen LogP contribution in [0.5, 0.6) is 0 Å². The Morgan fingerprint density at radius 3 is 2.76 bits per heavy atom. The molecule has 2 aromatic carbocycles. The van der Waals surface area contributed by atoms with Crippen molar-refractivity contribution in [3.63, 3.8) is 0 Å². The zero-order chi connectivity index (χ0) is 23.0. The molecule has 0 spiro atoms. The highest BCUT2D eigenvalue weighted by molar-refractivity contribution is 7.98. The number of ether oxygens (including phenoxy) is 1. The molecule has 1 saturated heterocycles. The van der Waals surface area contributed by atoms with Gasteiger partial charge in [0.15, 0.2) is 5.16 Å². The third kappa shape index (κ3) is 4.12. The van der Waals surface area contributed by atoms with Crippen molar-refractivity contribution in [2.45, 2.75) is 29.3 Å². The van der Waals surface area contributed by atoms with Crippen LogP contribution in [0.15, 0.2) is 58.7 Å². The van der Waals surface area contributed by atoms with Gasteiger partial charge in [0.05, 0.1) is 34.7 Å². The first-order chi connectivity index (χ1) is 16.0. The average Bonchev–Trinajstić information content (AvgIpc) is 3.21. The molecule has 5 rings (SSSR count). The van der Waals surface area contributed by atoms with Crippen LogP contribution in [0.4, 0.5) is 4.39 Å². The minimum atomic E-state index is -3.59. The summed E-state index contributed by atoms with van der Waals surface area (Å²) in [7, 11) is -3.59. The van der Waals surface area contributed by atoms with Crippen molar-refractivity contribution in [1.29, 1.82) is 0 Å². The van der Waals surface area contributed by atoms with E-state index in [0.717, 1.165) is 16.2 Å². The molecule has 0 aliphatic carbocycles. The van der Waals surface area contributed by atoms with E-state index in [4.69, 9.17) is 9.72 Å². The number of fused-ring (bicyclic) bond motifs is 2. The number of morpholine rings is 1. The molecule has 7 nitrogen and oxygen atoms in total. The number of aryl methyl sites for hydroxylation is 1. The van der Waals surface area contributed by atoms with E-state index in [9.17, 15) is 12.8 Å². The number of aromatic nitrogens is 3. The molecule has 0 unspecified atom stereocenters. The minimum absolute atomic E-state index is 0.239. The predicted molar refractivity (Wildman–Crippen MR) is 126 cm³/mol. The smallest absolute Gasteiger partial charge is 0.243 e. The zero-order valence-corrected chi connectivity index (χ0v) is 19.7. The molecular weight excluding hydrogens is 463 g/mol. The normalized spacial score (nSPS) is 15.5. The monoisotopic (exact) mass is 486 g/mol. The Morgan fingerprint density at radius 1 is 1.15 bits per heavy atom. The summed E-state index contributed by atoms with van der Waals surface area (Å²) in [6, 6.07) is 11.8. The second-order valence-corrected chi connectivity index (χ2v) is 10.6. The van der Waals surface area contributed by atoms with Crippen LogP contribution in [-0.2, 0) is 27.1 Å². The van der Waals surface area contributed by atoms with Crippen LogP contribution in [0.1, 0.15) is 12.5 Å². The summed E-state index contributed by atoms with van der Waals surface area (Å²) in [5.74, 6) is 0.275. The van der Waals surface area contributed by atoms with Crippen LogP contribution in [-0.4, -0.2) is 53.6 Å². The van der Waals surface area contributed by atoms with E-state index < -0.39 is 10.0 Å². The molecule has 0 amide bonds. The number of hydrogen-bond donors (Lipinski definition) is 0. The van der Waals surface area contributed by atoms with Crippen molar-refractivity contribution < 1.29 is 17.5 Å². The maximum Gasteiger partial charge on any atom is 0.243 e. The number of nitrogens with zero attached hydrogens (tertiary/aromatic N) is 4. The van der Waals surface area contributed by atoms with Gasteiger partial charge in [-0.3, -0.25) is 4.98 Å². The van der Waals surface area contributed by atoms with E-state index in [2.05, 4.69) is 9.55 Å². The number of sulfonamides is 1. The lowest BCUT2D eigenvalue weighted by molar-refractivity contribution is 0.0730. The molecule has 1 aliphatic heterocycles. The predicted octanol–water partition coefficient (Wildman–Crippen LogP) is 4.06. The summed E-state index contributed by atoms with van der Waals surface area (Å²) in [6.45, 7) is 4.23. The van der Waals surface area contributed by atoms with Crippen LogP contribution >= 0.6 is 11.8 Å². The standard InChI is InChI=1S/C23H23FN4O3S2/c1-2-28-21-8-6-17(33(29,30)27-10-12-31-13-11-27)14-20(21)26-23(28)32-15-16-5-7-19(24)18-4-3-9-25-22(16)18/h3-9,14H,2,10-13,15H2,1H3. The maximum atomic E-state index is 14.1. The number of halogens is 1. The number of benzene rings is 2. The first-order valence-corrected chi connectivity index (χ1v) is 13.1. The molecule has 0 saturated carbocycles. The molecule has 10 heteroatoms. The summed E-state index contributed by atoms with van der Waals surface area (Å²) in [4.78, 5) is 9.34. The number of pyridine rings is 1. The fourth-order valence-electron chi connectivity index (χ4n) is 4.05.